The molecule has 0 aliphatic rings. The lowest BCUT2D eigenvalue weighted by molar-refractivity contribution is -0.134. The Balaban J connectivity index is 4.55. The van der Waals surface area contributed by atoms with Gasteiger partial charge in [-0.05, 0) is 19.8 Å². The summed E-state index contributed by atoms with van der Waals surface area (Å²) in [5, 5.41) is 0. The molecule has 0 spiro atoms. The minimum absolute atomic E-state index is 0.0544. The van der Waals surface area contributed by atoms with E-state index >= 15 is 0 Å². The molecule has 88 valence electrons. The molecule has 0 bridgehead atoms. The summed E-state index contributed by atoms with van der Waals surface area (Å²) in [7, 11) is 1.82. The van der Waals surface area contributed by atoms with Crippen LogP contribution in [0.25, 0.3) is 0 Å². The molecular formula is C11H22N2OS. The molecule has 0 aromatic rings. The van der Waals surface area contributed by atoms with Gasteiger partial charge in [0.2, 0.25) is 5.91 Å². The van der Waals surface area contributed by atoms with Crippen LogP contribution < -0.4 is 5.73 Å². The average molecular weight is 230 g/mol. The second-order valence-electron chi connectivity index (χ2n) is 3.95. The zero-order chi connectivity index (χ0) is 12.0. The van der Waals surface area contributed by atoms with Crippen LogP contribution in [0.4, 0.5) is 0 Å². The summed E-state index contributed by atoms with van der Waals surface area (Å²) in [6.45, 7) is 6.12. The molecule has 0 aromatic heterocycles. The van der Waals surface area contributed by atoms with Crippen LogP contribution in [-0.2, 0) is 4.79 Å². The Morgan fingerprint density at radius 3 is 2.33 bits per heavy atom. The van der Waals surface area contributed by atoms with Crippen molar-refractivity contribution >= 4 is 23.1 Å². The second kappa shape index (κ2) is 6.77. The fraction of sp³-hybridized carbons (Fsp3) is 0.818. The van der Waals surface area contributed by atoms with Crippen molar-refractivity contribution in [2.24, 2.45) is 11.7 Å². The van der Waals surface area contributed by atoms with E-state index in [1.807, 2.05) is 20.9 Å². The molecule has 3 nitrogen and oxygen atoms in total. The average Bonchev–Trinajstić information content (AvgIpc) is 2.22. The molecule has 2 unspecified atom stereocenters. The Labute approximate surface area is 98.0 Å². The lowest BCUT2D eigenvalue weighted by atomic mass is 10.0. The van der Waals surface area contributed by atoms with Crippen molar-refractivity contribution in [1.82, 2.24) is 4.90 Å². The highest BCUT2D eigenvalue weighted by Crippen LogP contribution is 2.13. The molecule has 0 saturated carbocycles. The van der Waals surface area contributed by atoms with Crippen LogP contribution in [0.5, 0.6) is 0 Å². The van der Waals surface area contributed by atoms with Crippen LogP contribution in [0.1, 0.15) is 40.0 Å². The smallest absolute Gasteiger partial charge is 0.232 e. The normalized spacial score (nSPS) is 14.4. The molecule has 0 fully saturated rings. The van der Waals surface area contributed by atoms with Crippen LogP contribution in [0, 0.1) is 5.92 Å². The topological polar surface area (TPSA) is 46.3 Å². The van der Waals surface area contributed by atoms with Gasteiger partial charge in [0, 0.05) is 13.1 Å². The Bertz CT molecular complexity index is 231. The third-order valence-corrected chi connectivity index (χ3v) is 3.10. The van der Waals surface area contributed by atoms with Gasteiger partial charge in [0.15, 0.2) is 0 Å². The number of carbonyl (C=O) groups is 1. The molecule has 2 N–H and O–H groups in total. The first kappa shape index (κ1) is 14.4. The van der Waals surface area contributed by atoms with Gasteiger partial charge in [-0.2, -0.15) is 0 Å². The van der Waals surface area contributed by atoms with Gasteiger partial charge in [0.25, 0.3) is 0 Å². The first-order chi connectivity index (χ1) is 6.95. The van der Waals surface area contributed by atoms with E-state index in [1.165, 1.54) is 0 Å². The zero-order valence-electron chi connectivity index (χ0n) is 10.1. The summed E-state index contributed by atoms with van der Waals surface area (Å²) >= 11 is 4.93. The highest BCUT2D eigenvalue weighted by molar-refractivity contribution is 7.80. The van der Waals surface area contributed by atoms with Gasteiger partial charge in [-0.3, -0.25) is 4.79 Å². The van der Waals surface area contributed by atoms with Crippen LogP contribution in [0.2, 0.25) is 0 Å². The molecule has 0 aliphatic heterocycles. The van der Waals surface area contributed by atoms with Crippen LogP contribution in [0.3, 0.4) is 0 Å². The Hall–Kier alpha value is -0.640. The van der Waals surface area contributed by atoms with Crippen LogP contribution in [-0.4, -0.2) is 28.9 Å². The minimum atomic E-state index is -0.288. The summed E-state index contributed by atoms with van der Waals surface area (Å²) in [4.78, 5) is 14.1. The fourth-order valence-electron chi connectivity index (χ4n) is 1.41. The first-order valence-corrected chi connectivity index (χ1v) is 5.92. The molecule has 0 rings (SSSR count). The third kappa shape index (κ3) is 4.16. The number of nitrogens with zero attached hydrogens (tertiary/aromatic N) is 1. The highest BCUT2D eigenvalue weighted by Gasteiger charge is 2.25. The third-order valence-electron chi connectivity index (χ3n) is 2.82. The Morgan fingerprint density at radius 1 is 1.47 bits per heavy atom. The lowest BCUT2D eigenvalue weighted by Gasteiger charge is -2.27. The number of thiocarbonyl (C=S) groups is 1. The zero-order valence-corrected chi connectivity index (χ0v) is 10.9. The Kier molecular flexibility index (Phi) is 6.48. The number of amides is 1. The van der Waals surface area contributed by atoms with E-state index in [2.05, 4.69) is 6.92 Å². The molecule has 0 aromatic carbocycles. The second-order valence-corrected chi connectivity index (χ2v) is 4.42. The van der Waals surface area contributed by atoms with Crippen molar-refractivity contribution in [2.75, 3.05) is 7.05 Å². The lowest BCUT2D eigenvalue weighted by Crippen LogP contribution is -2.43. The molecule has 0 radical (unpaired) electrons. The molecule has 15 heavy (non-hydrogen) atoms. The summed E-state index contributed by atoms with van der Waals surface area (Å²) < 4.78 is 0. The van der Waals surface area contributed by atoms with Gasteiger partial charge in [-0.1, -0.05) is 32.5 Å². The molecule has 4 heteroatoms. The van der Waals surface area contributed by atoms with E-state index < -0.39 is 0 Å². The monoisotopic (exact) mass is 230 g/mol. The first-order valence-electron chi connectivity index (χ1n) is 5.51. The minimum Gasteiger partial charge on any atom is -0.393 e. The predicted molar refractivity (Wildman–Crippen MR) is 67.7 cm³/mol. The van der Waals surface area contributed by atoms with E-state index in [9.17, 15) is 4.79 Å². The van der Waals surface area contributed by atoms with Crippen molar-refractivity contribution in [3.05, 3.63) is 0 Å². The van der Waals surface area contributed by atoms with Crippen molar-refractivity contribution in [3.63, 3.8) is 0 Å². The molecule has 0 saturated heterocycles. The van der Waals surface area contributed by atoms with Crippen molar-refractivity contribution in [3.8, 4) is 0 Å². The van der Waals surface area contributed by atoms with Crippen LogP contribution >= 0.6 is 12.2 Å². The van der Waals surface area contributed by atoms with Gasteiger partial charge >= 0.3 is 0 Å². The SMILES string of the molecule is CCCC(C(=O)N(C)C(C)CC)C(N)=S. The van der Waals surface area contributed by atoms with E-state index in [4.69, 9.17) is 18.0 Å². The van der Waals surface area contributed by atoms with Gasteiger partial charge in [0.1, 0.15) is 0 Å². The number of hydrogen-bond acceptors (Lipinski definition) is 2. The molecular weight excluding hydrogens is 208 g/mol. The molecule has 0 heterocycles. The maximum atomic E-state index is 12.0. The molecule has 2 atom stereocenters. The van der Waals surface area contributed by atoms with Gasteiger partial charge in [0.05, 0.1) is 10.9 Å². The largest absolute Gasteiger partial charge is 0.393 e. The van der Waals surface area contributed by atoms with E-state index in [0.717, 1.165) is 19.3 Å². The van der Waals surface area contributed by atoms with E-state index in [-0.39, 0.29) is 17.9 Å². The summed E-state index contributed by atoms with van der Waals surface area (Å²) in [6, 6.07) is 0.242. The number of carbonyl (C=O) groups excluding carboxylic acids is 1. The standard InChI is InChI=1S/C11H22N2OS/c1-5-7-9(10(12)15)11(14)13(4)8(3)6-2/h8-9H,5-7H2,1-4H3,(H2,12,15). The van der Waals surface area contributed by atoms with E-state index in [1.54, 1.807) is 4.90 Å². The van der Waals surface area contributed by atoms with Gasteiger partial charge in [-0.15, -0.1) is 0 Å². The highest BCUT2D eigenvalue weighted by atomic mass is 32.1. The number of rotatable bonds is 6. The Morgan fingerprint density at radius 2 is 2.00 bits per heavy atom. The maximum Gasteiger partial charge on any atom is 0.232 e. The molecule has 1 amide bonds. The fourth-order valence-corrected chi connectivity index (χ4v) is 1.63. The summed E-state index contributed by atoms with van der Waals surface area (Å²) in [5.41, 5.74) is 5.59. The van der Waals surface area contributed by atoms with Crippen LogP contribution in [0.15, 0.2) is 0 Å². The van der Waals surface area contributed by atoms with Gasteiger partial charge < -0.3 is 10.6 Å². The van der Waals surface area contributed by atoms with E-state index in [0.29, 0.717) is 4.99 Å². The number of nitrogens with two attached hydrogens (primary N) is 1. The number of hydrogen-bond donors (Lipinski definition) is 1. The van der Waals surface area contributed by atoms with Gasteiger partial charge in [-0.25, -0.2) is 0 Å². The van der Waals surface area contributed by atoms with Crippen molar-refractivity contribution < 1.29 is 4.79 Å². The predicted octanol–water partition coefficient (Wildman–Crippen LogP) is 1.95. The maximum absolute atomic E-state index is 12.0. The summed E-state index contributed by atoms with van der Waals surface area (Å²) in [5.74, 6) is -0.234. The van der Waals surface area contributed by atoms with Crippen molar-refractivity contribution in [2.45, 2.75) is 46.1 Å². The quantitative estimate of drug-likeness (QED) is 0.709. The van der Waals surface area contributed by atoms with Crippen molar-refractivity contribution in [1.29, 1.82) is 0 Å². The summed E-state index contributed by atoms with van der Waals surface area (Å²) in [6.07, 6.45) is 2.61. The molecule has 0 aliphatic carbocycles.